The molecule has 1 aliphatic heterocycles. The number of piperidine rings is 1. The van der Waals surface area contributed by atoms with Crippen molar-refractivity contribution in [2.45, 2.75) is 32.2 Å². The average Bonchev–Trinajstić information content (AvgIpc) is 3.38. The van der Waals surface area contributed by atoms with Gasteiger partial charge in [0.25, 0.3) is 5.91 Å². The van der Waals surface area contributed by atoms with E-state index in [2.05, 4.69) is 37.3 Å². The molecule has 0 aliphatic carbocycles. The van der Waals surface area contributed by atoms with Crippen molar-refractivity contribution < 1.29 is 9.59 Å². The normalized spacial score (nSPS) is 13.9. The Hall–Kier alpha value is -4.26. The zero-order chi connectivity index (χ0) is 23.2. The molecule has 168 valence electrons. The highest BCUT2D eigenvalue weighted by molar-refractivity contribution is 5.97. The van der Waals surface area contributed by atoms with Gasteiger partial charge in [0.15, 0.2) is 5.82 Å². The monoisotopic (exact) mass is 444 g/mol. The molecule has 4 rings (SSSR count). The third-order valence-corrected chi connectivity index (χ3v) is 5.82. The maximum atomic E-state index is 13.1. The van der Waals surface area contributed by atoms with Gasteiger partial charge in [0, 0.05) is 24.3 Å². The van der Waals surface area contributed by atoms with Crippen LogP contribution < -0.4 is 10.6 Å². The first kappa shape index (κ1) is 22.0. The average molecular weight is 444 g/mol. The summed E-state index contributed by atoms with van der Waals surface area (Å²) in [6, 6.07) is 14.7. The molecule has 1 fully saturated rings. The summed E-state index contributed by atoms with van der Waals surface area (Å²) in [5, 5.41) is 27.7. The van der Waals surface area contributed by atoms with Gasteiger partial charge in [0.1, 0.15) is 0 Å². The highest BCUT2D eigenvalue weighted by atomic mass is 16.2. The molecule has 0 saturated carbocycles. The molecule has 3 aromatic rings. The zero-order valence-corrected chi connectivity index (χ0v) is 18.2. The molecular formula is C23H24N8O2. The molecule has 3 N–H and O–H groups in total. The van der Waals surface area contributed by atoms with Crippen molar-refractivity contribution in [1.29, 1.82) is 5.26 Å². The molecule has 10 heteroatoms. The van der Waals surface area contributed by atoms with Gasteiger partial charge in [-0.3, -0.25) is 4.79 Å². The van der Waals surface area contributed by atoms with Crippen molar-refractivity contribution >= 4 is 17.6 Å². The van der Waals surface area contributed by atoms with Crippen LogP contribution in [0.2, 0.25) is 0 Å². The van der Waals surface area contributed by atoms with Crippen LogP contribution in [-0.4, -0.2) is 50.6 Å². The second kappa shape index (κ2) is 9.91. The van der Waals surface area contributed by atoms with E-state index in [9.17, 15) is 9.59 Å². The van der Waals surface area contributed by atoms with Crippen LogP contribution in [0.3, 0.4) is 0 Å². The molecule has 0 atom stereocenters. The molecule has 1 aromatic heterocycles. The molecule has 1 saturated heterocycles. The Labute approximate surface area is 191 Å². The number of benzene rings is 2. The summed E-state index contributed by atoms with van der Waals surface area (Å²) in [6.45, 7) is 3.32. The molecular weight excluding hydrogens is 420 g/mol. The molecule has 2 aromatic carbocycles. The lowest BCUT2D eigenvalue weighted by Crippen LogP contribution is -2.38. The maximum absolute atomic E-state index is 13.1. The predicted molar refractivity (Wildman–Crippen MR) is 120 cm³/mol. The van der Waals surface area contributed by atoms with Crippen LogP contribution in [0.1, 0.15) is 51.6 Å². The van der Waals surface area contributed by atoms with Crippen molar-refractivity contribution in [3.8, 4) is 6.07 Å². The molecule has 0 bridgehead atoms. The minimum Gasteiger partial charge on any atom is -0.339 e. The number of nitrogens with one attached hydrogen (secondary N) is 3. The Morgan fingerprint density at radius 3 is 2.61 bits per heavy atom. The highest BCUT2D eigenvalue weighted by Gasteiger charge is 2.25. The fourth-order valence-corrected chi connectivity index (χ4v) is 3.90. The minimum absolute atomic E-state index is 0.0523. The number of tetrazole rings is 1. The summed E-state index contributed by atoms with van der Waals surface area (Å²) >= 11 is 0. The topological polar surface area (TPSA) is 140 Å². The number of rotatable bonds is 5. The first-order valence-electron chi connectivity index (χ1n) is 10.7. The number of nitriles is 1. The van der Waals surface area contributed by atoms with Crippen molar-refractivity contribution in [2.75, 3.05) is 18.4 Å². The van der Waals surface area contributed by atoms with E-state index in [1.54, 1.807) is 12.1 Å². The Morgan fingerprint density at radius 2 is 1.94 bits per heavy atom. The van der Waals surface area contributed by atoms with Crippen LogP contribution in [0, 0.1) is 18.3 Å². The van der Waals surface area contributed by atoms with E-state index < -0.39 is 6.03 Å². The first-order valence-corrected chi connectivity index (χ1v) is 10.7. The van der Waals surface area contributed by atoms with Crippen LogP contribution in [0.4, 0.5) is 10.5 Å². The number of aromatic amines is 1. The van der Waals surface area contributed by atoms with Gasteiger partial charge in [0.05, 0.1) is 18.2 Å². The van der Waals surface area contributed by atoms with Crippen molar-refractivity contribution in [1.82, 2.24) is 30.8 Å². The van der Waals surface area contributed by atoms with E-state index in [1.807, 2.05) is 42.2 Å². The van der Waals surface area contributed by atoms with Crippen LogP contribution in [-0.2, 0) is 6.54 Å². The molecule has 0 spiro atoms. The van der Waals surface area contributed by atoms with Crippen LogP contribution >= 0.6 is 0 Å². The lowest BCUT2D eigenvalue weighted by molar-refractivity contribution is 0.0713. The molecule has 10 nitrogen and oxygen atoms in total. The summed E-state index contributed by atoms with van der Waals surface area (Å²) in [7, 11) is 0. The summed E-state index contributed by atoms with van der Waals surface area (Å²) < 4.78 is 0. The number of hydrogen-bond donors (Lipinski definition) is 3. The third-order valence-electron chi connectivity index (χ3n) is 5.82. The Kier molecular flexibility index (Phi) is 6.59. The number of likely N-dealkylation sites (tertiary alicyclic amines) is 1. The smallest absolute Gasteiger partial charge is 0.319 e. The summed E-state index contributed by atoms with van der Waals surface area (Å²) in [4.78, 5) is 27.2. The third kappa shape index (κ3) is 5.33. The molecule has 33 heavy (non-hydrogen) atoms. The molecule has 2 heterocycles. The summed E-state index contributed by atoms with van der Waals surface area (Å²) in [5.41, 5.74) is 3.80. The second-order valence-corrected chi connectivity index (χ2v) is 7.97. The van der Waals surface area contributed by atoms with Gasteiger partial charge >= 0.3 is 6.03 Å². The van der Waals surface area contributed by atoms with E-state index in [1.165, 1.54) is 5.56 Å². The van der Waals surface area contributed by atoms with Gasteiger partial charge in [0.2, 0.25) is 0 Å². The van der Waals surface area contributed by atoms with Gasteiger partial charge in [-0.05, 0) is 61.1 Å². The van der Waals surface area contributed by atoms with Crippen LogP contribution in [0.15, 0.2) is 42.5 Å². The fraction of sp³-hybridized carbons (Fsp3) is 0.304. The zero-order valence-electron chi connectivity index (χ0n) is 18.2. The van der Waals surface area contributed by atoms with E-state index >= 15 is 0 Å². The number of anilines is 1. The SMILES string of the molecule is Cc1ccc(C(=O)N2CCC(c3ccc(C#N)cc3)CC2)cc1NC(=O)NCc1nn[nH]n1. The van der Waals surface area contributed by atoms with Gasteiger partial charge in [-0.25, -0.2) is 4.79 Å². The van der Waals surface area contributed by atoms with Crippen LogP contribution in [0.25, 0.3) is 0 Å². The van der Waals surface area contributed by atoms with Crippen LogP contribution in [0.5, 0.6) is 0 Å². The molecule has 3 amide bonds. The lowest BCUT2D eigenvalue weighted by atomic mass is 9.89. The van der Waals surface area contributed by atoms with Gasteiger partial charge in [-0.2, -0.15) is 10.5 Å². The number of nitrogens with zero attached hydrogens (tertiary/aromatic N) is 5. The number of aromatic nitrogens is 4. The van der Waals surface area contributed by atoms with Crippen molar-refractivity contribution in [2.24, 2.45) is 0 Å². The van der Waals surface area contributed by atoms with E-state index in [0.29, 0.717) is 41.6 Å². The Morgan fingerprint density at radius 1 is 1.18 bits per heavy atom. The summed E-state index contributed by atoms with van der Waals surface area (Å²) in [6.07, 6.45) is 1.74. The predicted octanol–water partition coefficient (Wildman–Crippen LogP) is 2.72. The Balaban J connectivity index is 1.35. The number of aryl methyl sites for hydroxylation is 1. The lowest BCUT2D eigenvalue weighted by Gasteiger charge is -2.32. The first-order chi connectivity index (χ1) is 16.0. The number of H-pyrrole nitrogens is 1. The van der Waals surface area contributed by atoms with E-state index in [-0.39, 0.29) is 12.5 Å². The minimum atomic E-state index is -0.421. The van der Waals surface area contributed by atoms with E-state index in [4.69, 9.17) is 5.26 Å². The number of hydrogen-bond acceptors (Lipinski definition) is 6. The quantitative estimate of drug-likeness (QED) is 0.553. The second-order valence-electron chi connectivity index (χ2n) is 7.97. The van der Waals surface area contributed by atoms with Gasteiger partial charge in [-0.15, -0.1) is 10.2 Å². The summed E-state index contributed by atoms with van der Waals surface area (Å²) in [5.74, 6) is 0.693. The number of urea groups is 1. The molecule has 1 aliphatic rings. The largest absolute Gasteiger partial charge is 0.339 e. The van der Waals surface area contributed by atoms with E-state index in [0.717, 1.165) is 18.4 Å². The Bertz CT molecular complexity index is 1160. The highest BCUT2D eigenvalue weighted by Crippen LogP contribution is 2.29. The van der Waals surface area contributed by atoms with Crippen molar-refractivity contribution in [3.05, 3.63) is 70.5 Å². The fourth-order valence-electron chi connectivity index (χ4n) is 3.90. The number of carbonyl (C=O) groups excluding carboxylic acids is 2. The standard InChI is InChI=1S/C23H24N8O2/c1-15-2-5-19(12-20(15)26-23(33)25-14-21-27-29-30-28-21)22(32)31-10-8-18(9-11-31)17-6-3-16(13-24)4-7-17/h2-7,12,18H,8-11,14H2,1H3,(H2,25,26,33)(H,27,28,29,30). The van der Waals surface area contributed by atoms with Crippen molar-refractivity contribution in [3.63, 3.8) is 0 Å². The maximum Gasteiger partial charge on any atom is 0.319 e. The number of carbonyl (C=O) groups is 2. The molecule has 0 unspecified atom stereocenters. The van der Waals surface area contributed by atoms with Gasteiger partial charge in [-0.1, -0.05) is 23.4 Å². The number of amides is 3. The molecule has 0 radical (unpaired) electrons. The van der Waals surface area contributed by atoms with Gasteiger partial charge < -0.3 is 15.5 Å².